The predicted molar refractivity (Wildman–Crippen MR) is 92.1 cm³/mol. The van der Waals surface area contributed by atoms with Gasteiger partial charge in [-0.2, -0.15) is 0 Å². The Morgan fingerprint density at radius 3 is 2.57 bits per heavy atom. The molecule has 2 aliphatic rings. The molecule has 2 aliphatic carbocycles. The summed E-state index contributed by atoms with van der Waals surface area (Å²) in [5.74, 6) is 1.24. The molecule has 4 atom stereocenters. The van der Waals surface area contributed by atoms with Gasteiger partial charge < -0.3 is 9.84 Å². The third-order valence-electron chi connectivity index (χ3n) is 6.02. The molecule has 0 saturated carbocycles. The van der Waals surface area contributed by atoms with Crippen molar-refractivity contribution < 1.29 is 9.84 Å². The average molecular weight is 308 g/mol. The Balaban J connectivity index is 1.86. The van der Waals surface area contributed by atoms with E-state index in [1.807, 2.05) is 6.07 Å². The van der Waals surface area contributed by atoms with Gasteiger partial charge in [-0.3, -0.25) is 0 Å². The molecular weight excluding hydrogens is 284 g/mol. The van der Waals surface area contributed by atoms with E-state index in [1.54, 1.807) is 7.11 Å². The maximum Gasteiger partial charge on any atom is 0.119 e. The second-order valence-corrected chi connectivity index (χ2v) is 7.53. The zero-order valence-corrected chi connectivity index (χ0v) is 14.0. The number of fused-ring (bicyclic) bond motifs is 4. The molecule has 23 heavy (non-hydrogen) atoms. The normalized spacial score (nSPS) is 31.7. The Hall–Kier alpha value is -1.80. The minimum absolute atomic E-state index is 0.0645. The summed E-state index contributed by atoms with van der Waals surface area (Å²) in [4.78, 5) is 0. The third-order valence-corrected chi connectivity index (χ3v) is 6.02. The maximum absolute atomic E-state index is 11.2. The zero-order valence-electron chi connectivity index (χ0n) is 14.0. The highest BCUT2D eigenvalue weighted by atomic mass is 16.5. The van der Waals surface area contributed by atoms with E-state index in [0.29, 0.717) is 0 Å². The number of rotatable bonds is 1. The Morgan fingerprint density at radius 2 is 1.78 bits per heavy atom. The Kier molecular flexibility index (Phi) is 3.28. The number of hydrogen-bond acceptors (Lipinski definition) is 2. The van der Waals surface area contributed by atoms with Crippen molar-refractivity contribution in [2.75, 3.05) is 7.11 Å². The van der Waals surface area contributed by atoms with Gasteiger partial charge in [0.25, 0.3) is 0 Å². The number of aliphatic hydroxyl groups excluding tert-OH is 1. The summed E-state index contributed by atoms with van der Waals surface area (Å²) in [6.45, 7) is 4.49. The van der Waals surface area contributed by atoms with Gasteiger partial charge in [-0.25, -0.2) is 0 Å². The molecule has 0 radical (unpaired) electrons. The van der Waals surface area contributed by atoms with Crippen LogP contribution in [0, 0.1) is 5.41 Å². The Labute approximate surface area is 138 Å². The number of aliphatic hydroxyl groups is 1. The number of methoxy groups -OCH3 is 1. The summed E-state index contributed by atoms with van der Waals surface area (Å²) in [5.41, 5.74) is 5.40. The fourth-order valence-electron chi connectivity index (χ4n) is 4.90. The molecule has 2 aromatic carbocycles. The molecule has 0 heterocycles. The minimum atomic E-state index is -0.349. The van der Waals surface area contributed by atoms with Crippen molar-refractivity contribution in [1.82, 2.24) is 0 Å². The first kappa shape index (κ1) is 14.8. The first-order valence-electron chi connectivity index (χ1n) is 8.46. The van der Waals surface area contributed by atoms with Crippen LogP contribution >= 0.6 is 0 Å². The first-order valence-corrected chi connectivity index (χ1v) is 8.46. The lowest BCUT2D eigenvalue weighted by molar-refractivity contribution is 0.0716. The third kappa shape index (κ3) is 2.12. The van der Waals surface area contributed by atoms with Gasteiger partial charge in [0, 0.05) is 11.8 Å². The van der Waals surface area contributed by atoms with Crippen molar-refractivity contribution in [3.05, 3.63) is 64.7 Å². The first-order chi connectivity index (χ1) is 11.0. The SMILES string of the molecule is COc1ccc2c(c1)CC1(C)Cc3ccccc3C1C(O)C2C. The van der Waals surface area contributed by atoms with Gasteiger partial charge in [0.15, 0.2) is 0 Å². The predicted octanol–water partition coefficient (Wildman–Crippen LogP) is 4.06. The Bertz CT molecular complexity index is 751. The van der Waals surface area contributed by atoms with Crippen molar-refractivity contribution in [2.45, 2.75) is 44.6 Å². The molecule has 0 fully saturated rings. The van der Waals surface area contributed by atoms with E-state index in [-0.39, 0.29) is 23.4 Å². The smallest absolute Gasteiger partial charge is 0.119 e. The van der Waals surface area contributed by atoms with E-state index in [9.17, 15) is 5.11 Å². The van der Waals surface area contributed by atoms with E-state index in [1.165, 1.54) is 22.3 Å². The quantitative estimate of drug-likeness (QED) is 0.861. The molecule has 2 aromatic rings. The standard InChI is InChI=1S/C21H24O2/c1-13-17-9-8-16(23-3)10-15(17)12-21(2)11-14-6-4-5-7-18(14)19(21)20(13)22/h4-10,13,19-20,22H,11-12H2,1-3H3. The van der Waals surface area contributed by atoms with Gasteiger partial charge in [0.05, 0.1) is 13.2 Å². The van der Waals surface area contributed by atoms with E-state index in [0.717, 1.165) is 18.6 Å². The largest absolute Gasteiger partial charge is 0.497 e. The molecule has 0 aliphatic heterocycles. The molecule has 1 N–H and O–H groups in total. The van der Waals surface area contributed by atoms with Crippen LogP contribution in [0.5, 0.6) is 5.75 Å². The molecule has 120 valence electrons. The molecule has 0 bridgehead atoms. The summed E-state index contributed by atoms with van der Waals surface area (Å²) >= 11 is 0. The van der Waals surface area contributed by atoms with Crippen molar-refractivity contribution in [3.63, 3.8) is 0 Å². The molecule has 2 nitrogen and oxygen atoms in total. The van der Waals surface area contributed by atoms with Crippen LogP contribution in [0.1, 0.15) is 47.9 Å². The highest BCUT2D eigenvalue weighted by molar-refractivity contribution is 5.46. The van der Waals surface area contributed by atoms with Crippen LogP contribution in [0.2, 0.25) is 0 Å². The number of benzene rings is 2. The number of hydrogen-bond donors (Lipinski definition) is 1. The Morgan fingerprint density at radius 1 is 1.04 bits per heavy atom. The van der Waals surface area contributed by atoms with E-state index in [4.69, 9.17) is 4.74 Å². The maximum atomic E-state index is 11.2. The average Bonchev–Trinajstić information content (AvgIpc) is 2.80. The lowest BCUT2D eigenvalue weighted by Gasteiger charge is -2.34. The highest BCUT2D eigenvalue weighted by Crippen LogP contribution is 2.55. The summed E-state index contributed by atoms with van der Waals surface area (Å²) < 4.78 is 5.43. The molecule has 0 amide bonds. The van der Waals surface area contributed by atoms with Crippen LogP contribution in [0.15, 0.2) is 42.5 Å². The van der Waals surface area contributed by atoms with E-state index < -0.39 is 0 Å². The summed E-state index contributed by atoms with van der Waals surface area (Å²) in [5, 5.41) is 11.2. The minimum Gasteiger partial charge on any atom is -0.497 e. The van der Waals surface area contributed by atoms with Gasteiger partial charge in [-0.15, -0.1) is 0 Å². The monoisotopic (exact) mass is 308 g/mol. The van der Waals surface area contributed by atoms with Crippen LogP contribution in [0.3, 0.4) is 0 Å². The number of ether oxygens (including phenoxy) is 1. The van der Waals surface area contributed by atoms with Crippen molar-refractivity contribution in [3.8, 4) is 5.75 Å². The molecule has 4 rings (SSSR count). The van der Waals surface area contributed by atoms with Gasteiger partial charge in [-0.1, -0.05) is 44.2 Å². The molecule has 0 spiro atoms. The topological polar surface area (TPSA) is 29.5 Å². The lowest BCUT2D eigenvalue weighted by atomic mass is 9.71. The molecule has 4 unspecified atom stereocenters. The van der Waals surface area contributed by atoms with Crippen molar-refractivity contribution >= 4 is 0 Å². The molecule has 0 saturated heterocycles. The fourth-order valence-corrected chi connectivity index (χ4v) is 4.90. The van der Waals surface area contributed by atoms with Crippen molar-refractivity contribution in [2.24, 2.45) is 5.41 Å². The highest BCUT2D eigenvalue weighted by Gasteiger charge is 2.49. The van der Waals surface area contributed by atoms with Crippen LogP contribution < -0.4 is 4.74 Å². The van der Waals surface area contributed by atoms with Gasteiger partial charge in [-0.05, 0) is 52.6 Å². The van der Waals surface area contributed by atoms with Gasteiger partial charge in [0.1, 0.15) is 5.75 Å². The van der Waals surface area contributed by atoms with Gasteiger partial charge >= 0.3 is 0 Å². The summed E-state index contributed by atoms with van der Waals surface area (Å²) in [6, 6.07) is 15.0. The van der Waals surface area contributed by atoms with Crippen molar-refractivity contribution in [1.29, 1.82) is 0 Å². The van der Waals surface area contributed by atoms with E-state index >= 15 is 0 Å². The second-order valence-electron chi connectivity index (χ2n) is 7.53. The fraction of sp³-hybridized carbons (Fsp3) is 0.429. The van der Waals surface area contributed by atoms with Crippen LogP contribution in [0.25, 0.3) is 0 Å². The molecule has 2 heteroatoms. The van der Waals surface area contributed by atoms with Crippen LogP contribution in [0.4, 0.5) is 0 Å². The summed E-state index contributed by atoms with van der Waals surface area (Å²) in [6.07, 6.45) is 1.67. The van der Waals surface area contributed by atoms with Gasteiger partial charge in [0.2, 0.25) is 0 Å². The molecule has 0 aromatic heterocycles. The zero-order chi connectivity index (χ0) is 16.2. The lowest BCUT2D eigenvalue weighted by Crippen LogP contribution is -2.33. The van der Waals surface area contributed by atoms with Crippen LogP contribution in [-0.2, 0) is 12.8 Å². The second kappa shape index (κ2) is 5.10. The molecular formula is C21H24O2. The summed E-state index contributed by atoms with van der Waals surface area (Å²) in [7, 11) is 1.71. The van der Waals surface area contributed by atoms with Crippen LogP contribution in [-0.4, -0.2) is 18.3 Å². The van der Waals surface area contributed by atoms with E-state index in [2.05, 4.69) is 50.2 Å².